The molecule has 0 heterocycles. The van der Waals surface area contributed by atoms with Gasteiger partial charge in [-0.2, -0.15) is 0 Å². The van der Waals surface area contributed by atoms with E-state index in [1.165, 1.54) is 6.92 Å². The number of alkyl carbamates (subject to hydrolysis) is 1. The molecule has 0 aromatic rings. The fraction of sp³-hybridized carbons (Fsp3) is 0.812. The Hall–Kier alpha value is -0.860. The third kappa shape index (κ3) is 9.78. The highest BCUT2D eigenvalue weighted by Crippen LogP contribution is 2.10. The molecular weight excluding hydrogens is 411 g/mol. The summed E-state index contributed by atoms with van der Waals surface area (Å²) in [6.45, 7) is 10.4. The van der Waals surface area contributed by atoms with Crippen LogP contribution in [-0.4, -0.2) is 39.9 Å². The minimum atomic E-state index is -0.744. The lowest BCUT2D eigenvalue weighted by molar-refractivity contribution is -0.129. The number of rotatable bonds is 8. The Kier molecular flexibility index (Phi) is 9.72. The van der Waals surface area contributed by atoms with Gasteiger partial charge in [0.15, 0.2) is 5.78 Å². The lowest BCUT2D eigenvalue weighted by atomic mass is 10.0. The van der Waals surface area contributed by atoms with E-state index in [9.17, 15) is 14.4 Å². The van der Waals surface area contributed by atoms with Crippen molar-refractivity contribution in [2.75, 3.05) is 4.43 Å². The molecule has 2 amide bonds. The van der Waals surface area contributed by atoms with Crippen LogP contribution in [0.5, 0.6) is 0 Å². The molecule has 0 saturated carbocycles. The molecule has 0 spiro atoms. The maximum Gasteiger partial charge on any atom is 0.408 e. The first-order valence-electron chi connectivity index (χ1n) is 7.84. The van der Waals surface area contributed by atoms with Crippen LogP contribution in [0.4, 0.5) is 4.79 Å². The first-order valence-corrected chi connectivity index (χ1v) is 9.36. The molecule has 0 aromatic heterocycles. The number of ether oxygens (including phenoxy) is 1. The molecule has 0 unspecified atom stereocenters. The van der Waals surface area contributed by atoms with Gasteiger partial charge in [0, 0.05) is 0 Å². The third-order valence-electron chi connectivity index (χ3n) is 3.06. The van der Waals surface area contributed by atoms with E-state index in [1.807, 2.05) is 13.8 Å². The van der Waals surface area contributed by atoms with Crippen molar-refractivity contribution in [1.82, 2.24) is 10.6 Å². The average molecular weight is 440 g/mol. The summed E-state index contributed by atoms with van der Waals surface area (Å²) in [5, 5.41) is 5.33. The van der Waals surface area contributed by atoms with Crippen LogP contribution in [0, 0.1) is 5.92 Å². The van der Waals surface area contributed by atoms with Crippen LogP contribution in [0.2, 0.25) is 0 Å². The van der Waals surface area contributed by atoms with Gasteiger partial charge in [0.05, 0.1) is 6.04 Å². The summed E-state index contributed by atoms with van der Waals surface area (Å²) >= 11 is 2.23. The molecule has 2 N–H and O–H groups in total. The largest absolute Gasteiger partial charge is 0.444 e. The topological polar surface area (TPSA) is 84.5 Å². The van der Waals surface area contributed by atoms with Gasteiger partial charge in [0.2, 0.25) is 5.91 Å². The van der Waals surface area contributed by atoms with E-state index in [-0.39, 0.29) is 17.6 Å². The van der Waals surface area contributed by atoms with E-state index in [1.54, 1.807) is 20.8 Å². The van der Waals surface area contributed by atoms with Crippen molar-refractivity contribution in [2.24, 2.45) is 5.92 Å². The van der Waals surface area contributed by atoms with E-state index in [2.05, 4.69) is 33.2 Å². The number of carbonyl (C=O) groups excluding carboxylic acids is 3. The molecule has 0 bridgehead atoms. The Morgan fingerprint density at radius 1 is 1.13 bits per heavy atom. The lowest BCUT2D eigenvalue weighted by Crippen LogP contribution is -2.54. The second kappa shape index (κ2) is 10.1. The highest BCUT2D eigenvalue weighted by molar-refractivity contribution is 14.1. The number of halogens is 1. The van der Waals surface area contributed by atoms with Gasteiger partial charge in [0.1, 0.15) is 11.6 Å². The van der Waals surface area contributed by atoms with Gasteiger partial charge in [-0.1, -0.05) is 36.4 Å². The Morgan fingerprint density at radius 2 is 1.70 bits per heavy atom. The highest BCUT2D eigenvalue weighted by Gasteiger charge is 2.29. The van der Waals surface area contributed by atoms with Crippen molar-refractivity contribution in [3.05, 3.63) is 0 Å². The first kappa shape index (κ1) is 22.1. The minimum absolute atomic E-state index is 0.0806. The predicted molar refractivity (Wildman–Crippen MR) is 98.7 cm³/mol. The molecule has 0 radical (unpaired) electrons. The molecule has 2 atom stereocenters. The van der Waals surface area contributed by atoms with Crippen LogP contribution in [0.1, 0.15) is 54.4 Å². The molecule has 7 heteroatoms. The number of Topliss-reactive ketones (excluding diaryl/α,β-unsaturated/α-hetero) is 1. The number of ketones is 1. The molecule has 0 saturated heterocycles. The van der Waals surface area contributed by atoms with E-state index < -0.39 is 23.8 Å². The number of hydrogen-bond acceptors (Lipinski definition) is 4. The molecule has 0 aliphatic rings. The normalized spacial score (nSPS) is 14.1. The number of amides is 2. The van der Waals surface area contributed by atoms with Gasteiger partial charge >= 0.3 is 6.09 Å². The summed E-state index contributed by atoms with van der Waals surface area (Å²) in [7, 11) is 0. The first-order chi connectivity index (χ1) is 10.5. The van der Waals surface area contributed by atoms with Crippen LogP contribution in [0.3, 0.4) is 0 Å². The second-order valence-electron chi connectivity index (χ2n) is 6.87. The van der Waals surface area contributed by atoms with Gasteiger partial charge in [-0.25, -0.2) is 4.79 Å². The quantitative estimate of drug-likeness (QED) is 0.449. The molecule has 0 aliphatic heterocycles. The van der Waals surface area contributed by atoms with Crippen LogP contribution in [0.25, 0.3) is 0 Å². The standard InChI is InChI=1S/C16H29IN2O4/c1-10(2)13(19-15(22)23-16(4,5)6)14(21)18-12(11(3)20)8-7-9-17/h10,12-13H,7-9H2,1-6H3,(H,18,21)(H,19,22)/t12-,13-/m0/s1. The minimum Gasteiger partial charge on any atom is -0.444 e. The van der Waals surface area contributed by atoms with Crippen LogP contribution < -0.4 is 10.6 Å². The molecule has 23 heavy (non-hydrogen) atoms. The van der Waals surface area contributed by atoms with Gasteiger partial charge in [-0.05, 0) is 50.9 Å². The average Bonchev–Trinajstić information content (AvgIpc) is 2.37. The fourth-order valence-electron chi connectivity index (χ4n) is 1.89. The second-order valence-corrected chi connectivity index (χ2v) is 7.95. The third-order valence-corrected chi connectivity index (χ3v) is 3.82. The van der Waals surface area contributed by atoms with Gasteiger partial charge in [-0.3, -0.25) is 9.59 Å². The maximum atomic E-state index is 12.4. The Balaban J connectivity index is 4.84. The Morgan fingerprint density at radius 3 is 2.09 bits per heavy atom. The van der Waals surface area contributed by atoms with E-state index in [0.717, 1.165) is 10.8 Å². The van der Waals surface area contributed by atoms with Crippen molar-refractivity contribution in [2.45, 2.75) is 72.1 Å². The van der Waals surface area contributed by atoms with E-state index in [0.29, 0.717) is 6.42 Å². The fourth-order valence-corrected chi connectivity index (χ4v) is 2.33. The summed E-state index contributed by atoms with van der Waals surface area (Å²) in [6.07, 6.45) is 0.802. The summed E-state index contributed by atoms with van der Waals surface area (Å²) in [4.78, 5) is 36.0. The highest BCUT2D eigenvalue weighted by atomic mass is 127. The molecule has 0 rings (SSSR count). The summed E-state index contributed by atoms with van der Waals surface area (Å²) in [5.74, 6) is -0.567. The smallest absolute Gasteiger partial charge is 0.408 e. The predicted octanol–water partition coefficient (Wildman–Crippen LogP) is 2.82. The van der Waals surface area contributed by atoms with Crippen LogP contribution in [-0.2, 0) is 14.3 Å². The van der Waals surface area contributed by atoms with Crippen molar-refractivity contribution in [3.63, 3.8) is 0 Å². The van der Waals surface area contributed by atoms with Gasteiger partial charge in [0.25, 0.3) is 0 Å². The molecule has 134 valence electrons. The molecular formula is C16H29IN2O4. The molecule has 6 nitrogen and oxygen atoms in total. The van der Waals surface area contributed by atoms with Crippen molar-refractivity contribution in [1.29, 1.82) is 0 Å². The monoisotopic (exact) mass is 440 g/mol. The summed E-state index contributed by atoms with van der Waals surface area (Å²) < 4.78 is 6.11. The Labute approximate surface area is 152 Å². The zero-order valence-electron chi connectivity index (χ0n) is 14.9. The number of carbonyl (C=O) groups is 3. The van der Waals surface area contributed by atoms with E-state index in [4.69, 9.17) is 4.74 Å². The van der Waals surface area contributed by atoms with Crippen LogP contribution >= 0.6 is 22.6 Å². The van der Waals surface area contributed by atoms with Crippen molar-refractivity contribution < 1.29 is 19.1 Å². The number of hydrogen-bond donors (Lipinski definition) is 2. The molecule has 0 aliphatic carbocycles. The Bertz CT molecular complexity index is 419. The van der Waals surface area contributed by atoms with Crippen molar-refractivity contribution >= 4 is 40.4 Å². The van der Waals surface area contributed by atoms with Gasteiger partial charge in [-0.15, -0.1) is 0 Å². The van der Waals surface area contributed by atoms with Gasteiger partial charge < -0.3 is 15.4 Å². The van der Waals surface area contributed by atoms with Crippen molar-refractivity contribution in [3.8, 4) is 0 Å². The lowest BCUT2D eigenvalue weighted by Gasteiger charge is -2.26. The number of alkyl halides is 1. The van der Waals surface area contributed by atoms with Crippen LogP contribution in [0.15, 0.2) is 0 Å². The SMILES string of the molecule is CC(=O)[C@H](CCCI)NC(=O)[C@@H](NC(=O)OC(C)(C)C)C(C)C. The maximum absolute atomic E-state index is 12.4. The number of nitrogens with one attached hydrogen (secondary N) is 2. The molecule has 0 aromatic carbocycles. The zero-order valence-corrected chi connectivity index (χ0v) is 17.0. The summed E-state index contributed by atoms with van der Waals surface area (Å²) in [5.41, 5.74) is -0.635. The molecule has 0 fully saturated rings. The van der Waals surface area contributed by atoms with E-state index >= 15 is 0 Å². The summed E-state index contributed by atoms with van der Waals surface area (Å²) in [6, 6.07) is -1.26. The zero-order chi connectivity index (χ0) is 18.2.